The second-order valence-corrected chi connectivity index (χ2v) is 11.2. The lowest BCUT2D eigenvalue weighted by Gasteiger charge is -2.37. The van der Waals surface area contributed by atoms with Gasteiger partial charge in [-0.15, -0.1) is 0 Å². The van der Waals surface area contributed by atoms with E-state index >= 15 is 0 Å². The van der Waals surface area contributed by atoms with Gasteiger partial charge in [0.05, 0.1) is 15.5 Å². The summed E-state index contributed by atoms with van der Waals surface area (Å²) in [6.07, 6.45) is -1.69. The summed E-state index contributed by atoms with van der Waals surface area (Å²) in [6.45, 7) is 1.16. The third-order valence-electron chi connectivity index (χ3n) is 6.36. The lowest BCUT2D eigenvalue weighted by atomic mass is 10.0. The van der Waals surface area contributed by atoms with Gasteiger partial charge in [-0.05, 0) is 37.5 Å². The van der Waals surface area contributed by atoms with Crippen LogP contribution in [0.2, 0.25) is 5.02 Å². The van der Waals surface area contributed by atoms with Crippen LogP contribution in [0.1, 0.15) is 24.8 Å². The molecule has 1 atom stereocenters. The fourth-order valence-electron chi connectivity index (χ4n) is 4.48. The SMILES string of the molecule is CS(=O)(=O)c1cc(F)c(N[C@H]2CCN(C3CCN(c4ncc(C(F)(F)F)cc4Cl)CC3)C2=O)c(F)c1. The van der Waals surface area contributed by atoms with Crippen LogP contribution in [0.15, 0.2) is 29.3 Å². The summed E-state index contributed by atoms with van der Waals surface area (Å²) in [4.78, 5) is 19.7. The van der Waals surface area contributed by atoms with Crippen molar-refractivity contribution in [2.45, 2.75) is 42.4 Å². The Hall–Kier alpha value is -2.67. The molecule has 2 fully saturated rings. The summed E-state index contributed by atoms with van der Waals surface area (Å²) in [5.74, 6) is -2.34. The van der Waals surface area contributed by atoms with Gasteiger partial charge in [0.25, 0.3) is 0 Å². The number of carbonyl (C=O) groups is 1. The number of hydrogen-bond acceptors (Lipinski definition) is 6. The minimum atomic E-state index is -4.55. The third kappa shape index (κ3) is 5.36. The molecule has 2 aliphatic rings. The van der Waals surface area contributed by atoms with Gasteiger partial charge in [0.2, 0.25) is 5.91 Å². The lowest BCUT2D eigenvalue weighted by Crippen LogP contribution is -2.47. The first-order valence-corrected chi connectivity index (χ1v) is 13.3. The number of piperidine rings is 1. The number of nitrogens with one attached hydrogen (secondary N) is 1. The van der Waals surface area contributed by atoms with Crippen molar-refractivity contribution in [3.05, 3.63) is 46.6 Å². The van der Waals surface area contributed by atoms with Crippen molar-refractivity contribution in [1.29, 1.82) is 0 Å². The molecule has 1 aromatic carbocycles. The Morgan fingerprint density at radius 3 is 2.19 bits per heavy atom. The summed E-state index contributed by atoms with van der Waals surface area (Å²) >= 11 is 6.04. The van der Waals surface area contributed by atoms with Crippen LogP contribution in [0.4, 0.5) is 33.5 Å². The first-order chi connectivity index (χ1) is 16.8. The first-order valence-electron chi connectivity index (χ1n) is 11.0. The molecule has 1 amide bonds. The summed E-state index contributed by atoms with van der Waals surface area (Å²) in [5, 5.41) is 2.45. The van der Waals surface area contributed by atoms with Crippen LogP contribution >= 0.6 is 11.6 Å². The number of benzene rings is 1. The van der Waals surface area contributed by atoms with Gasteiger partial charge in [0.1, 0.15) is 17.5 Å². The smallest absolute Gasteiger partial charge is 0.369 e. The van der Waals surface area contributed by atoms with E-state index < -0.39 is 49.8 Å². The highest BCUT2D eigenvalue weighted by molar-refractivity contribution is 7.90. The van der Waals surface area contributed by atoms with Crippen LogP contribution in [-0.4, -0.2) is 62.2 Å². The molecule has 0 saturated carbocycles. The second-order valence-electron chi connectivity index (χ2n) is 8.80. The summed E-state index contributed by atoms with van der Waals surface area (Å²) in [6, 6.07) is 1.18. The van der Waals surface area contributed by atoms with Gasteiger partial charge < -0.3 is 15.1 Å². The van der Waals surface area contributed by atoms with Gasteiger partial charge in [-0.2, -0.15) is 13.2 Å². The zero-order chi connectivity index (χ0) is 26.4. The normalized spacial score (nSPS) is 19.8. The van der Waals surface area contributed by atoms with E-state index in [2.05, 4.69) is 10.3 Å². The van der Waals surface area contributed by atoms with Crippen LogP contribution < -0.4 is 10.2 Å². The number of pyridine rings is 1. The second kappa shape index (κ2) is 9.66. The van der Waals surface area contributed by atoms with Gasteiger partial charge in [-0.1, -0.05) is 11.6 Å². The van der Waals surface area contributed by atoms with Gasteiger partial charge >= 0.3 is 6.18 Å². The van der Waals surface area contributed by atoms with Gasteiger partial charge in [0.15, 0.2) is 21.5 Å². The number of rotatable bonds is 5. The molecule has 1 aromatic heterocycles. The average molecular weight is 553 g/mol. The highest BCUT2D eigenvalue weighted by Gasteiger charge is 2.38. The van der Waals surface area contributed by atoms with Crippen molar-refractivity contribution < 1.29 is 35.2 Å². The van der Waals surface area contributed by atoms with Crippen LogP contribution in [0.5, 0.6) is 0 Å². The fourth-order valence-corrected chi connectivity index (χ4v) is 5.40. The Balaban J connectivity index is 1.39. The minimum Gasteiger partial charge on any atom is -0.369 e. The van der Waals surface area contributed by atoms with E-state index in [0.29, 0.717) is 44.6 Å². The van der Waals surface area contributed by atoms with E-state index in [9.17, 15) is 35.2 Å². The highest BCUT2D eigenvalue weighted by Crippen LogP contribution is 2.35. The number of likely N-dealkylation sites (tertiary alicyclic amines) is 1. The molecule has 4 rings (SSSR count). The molecule has 2 saturated heterocycles. The van der Waals surface area contributed by atoms with E-state index in [0.717, 1.165) is 18.5 Å². The quantitative estimate of drug-likeness (QED) is 0.562. The summed E-state index contributed by atoms with van der Waals surface area (Å²) < 4.78 is 90.6. The first kappa shape index (κ1) is 26.4. The molecular formula is C22H22ClF5N4O3S. The van der Waals surface area contributed by atoms with E-state index in [1.54, 1.807) is 9.80 Å². The largest absolute Gasteiger partial charge is 0.417 e. The Kier molecular flexibility index (Phi) is 7.08. The molecule has 0 unspecified atom stereocenters. The number of amides is 1. The van der Waals surface area contributed by atoms with Crippen LogP contribution in [0.3, 0.4) is 0 Å². The van der Waals surface area contributed by atoms with Crippen molar-refractivity contribution in [2.24, 2.45) is 0 Å². The number of halogens is 6. The number of hydrogen-bond donors (Lipinski definition) is 1. The predicted molar refractivity (Wildman–Crippen MR) is 123 cm³/mol. The van der Waals surface area contributed by atoms with Gasteiger partial charge in [0, 0.05) is 38.1 Å². The Morgan fingerprint density at radius 1 is 1.06 bits per heavy atom. The maximum absolute atomic E-state index is 14.4. The van der Waals surface area contributed by atoms with Crippen LogP contribution in [0, 0.1) is 11.6 Å². The van der Waals surface area contributed by atoms with Crippen molar-refractivity contribution in [3.63, 3.8) is 0 Å². The molecule has 3 heterocycles. The molecule has 1 N–H and O–H groups in total. The van der Waals surface area contributed by atoms with Crippen LogP contribution in [-0.2, 0) is 20.8 Å². The molecule has 0 radical (unpaired) electrons. The number of alkyl halides is 3. The molecule has 7 nitrogen and oxygen atoms in total. The molecule has 0 spiro atoms. The zero-order valence-corrected chi connectivity index (χ0v) is 20.5. The van der Waals surface area contributed by atoms with Crippen molar-refractivity contribution >= 4 is 38.9 Å². The maximum atomic E-state index is 14.4. The molecule has 196 valence electrons. The number of aromatic nitrogens is 1. The number of carbonyl (C=O) groups excluding carboxylic acids is 1. The number of anilines is 2. The minimum absolute atomic E-state index is 0.115. The van der Waals surface area contributed by atoms with E-state index in [4.69, 9.17) is 11.6 Å². The van der Waals surface area contributed by atoms with Gasteiger partial charge in [-0.3, -0.25) is 4.79 Å². The lowest BCUT2D eigenvalue weighted by molar-refractivity contribution is -0.137. The van der Waals surface area contributed by atoms with E-state index in [1.165, 1.54) is 0 Å². The number of nitrogens with zero attached hydrogens (tertiary/aromatic N) is 3. The Bertz CT molecular complexity index is 1260. The van der Waals surface area contributed by atoms with E-state index in [-0.39, 0.29) is 29.2 Å². The Morgan fingerprint density at radius 2 is 1.67 bits per heavy atom. The summed E-state index contributed by atoms with van der Waals surface area (Å²) in [5.41, 5.74) is -1.51. The van der Waals surface area contributed by atoms with Crippen molar-refractivity contribution in [2.75, 3.05) is 36.1 Å². The van der Waals surface area contributed by atoms with E-state index in [1.807, 2.05) is 0 Å². The van der Waals surface area contributed by atoms with Crippen LogP contribution in [0.25, 0.3) is 0 Å². The van der Waals surface area contributed by atoms with Crippen molar-refractivity contribution in [1.82, 2.24) is 9.88 Å². The third-order valence-corrected chi connectivity index (χ3v) is 7.73. The molecule has 2 aliphatic heterocycles. The maximum Gasteiger partial charge on any atom is 0.417 e. The summed E-state index contributed by atoms with van der Waals surface area (Å²) in [7, 11) is -3.81. The topological polar surface area (TPSA) is 82.6 Å². The average Bonchev–Trinajstić information content (AvgIpc) is 3.15. The Labute approximate surface area is 209 Å². The number of sulfone groups is 1. The van der Waals surface area contributed by atoms with Gasteiger partial charge in [-0.25, -0.2) is 22.2 Å². The monoisotopic (exact) mass is 552 g/mol. The molecule has 0 aliphatic carbocycles. The standard InChI is InChI=1S/C22H22ClF5N4O3S/c1-36(34,35)14-9-16(24)19(17(25)10-14)30-18-4-7-32(21(18)33)13-2-5-31(6-3-13)20-15(23)8-12(11-29-20)22(26,27)28/h8-11,13,18,30H,2-7H2,1H3/t18-/m0/s1. The highest BCUT2D eigenvalue weighted by atomic mass is 35.5. The zero-order valence-electron chi connectivity index (χ0n) is 18.9. The fraction of sp³-hybridized carbons (Fsp3) is 0.455. The molecule has 14 heteroatoms. The molecule has 0 bridgehead atoms. The van der Waals surface area contributed by atoms with Crippen molar-refractivity contribution in [3.8, 4) is 0 Å². The predicted octanol–water partition coefficient (Wildman–Crippen LogP) is 4.12. The molecular weight excluding hydrogens is 531 g/mol. The molecule has 36 heavy (non-hydrogen) atoms. The molecule has 2 aromatic rings.